The third kappa shape index (κ3) is 4.08. The predicted octanol–water partition coefficient (Wildman–Crippen LogP) is 3.36. The van der Waals surface area contributed by atoms with Gasteiger partial charge in [0.05, 0.1) is 31.8 Å². The topological polar surface area (TPSA) is 61.8 Å². The van der Waals surface area contributed by atoms with E-state index < -0.39 is 17.0 Å². The summed E-state index contributed by atoms with van der Waals surface area (Å²) >= 11 is -1.58. The van der Waals surface area contributed by atoms with Crippen LogP contribution >= 0.6 is 0 Å². The van der Waals surface area contributed by atoms with Crippen LogP contribution in [0.5, 0.6) is 5.75 Å². The second-order valence-electron chi connectivity index (χ2n) is 5.63. The van der Waals surface area contributed by atoms with E-state index in [1.807, 2.05) is 26.0 Å². The molecule has 0 N–H and O–H groups in total. The summed E-state index contributed by atoms with van der Waals surface area (Å²) in [5, 5.41) is 0. The molecule has 1 unspecified atom stereocenters. The monoisotopic (exact) mass is 362 g/mol. The minimum absolute atomic E-state index is 0.376. The molecule has 0 radical (unpaired) electrons. The molecule has 0 amide bonds. The van der Waals surface area contributed by atoms with Gasteiger partial charge in [0, 0.05) is 12.0 Å². The van der Waals surface area contributed by atoms with Gasteiger partial charge in [0.15, 0.2) is 11.1 Å². The molecule has 2 aromatic carbocycles. The highest BCUT2D eigenvalue weighted by atomic mass is 32.2. The van der Waals surface area contributed by atoms with E-state index in [1.165, 1.54) is 14.2 Å². The molecule has 0 aromatic heterocycles. The zero-order chi connectivity index (χ0) is 18.6. The largest absolute Gasteiger partial charge is 0.496 e. The molecule has 0 heterocycles. The quantitative estimate of drug-likeness (QED) is 0.738. The lowest BCUT2D eigenvalue weighted by Gasteiger charge is -2.16. The van der Waals surface area contributed by atoms with E-state index in [-0.39, 0.29) is 0 Å². The summed E-state index contributed by atoms with van der Waals surface area (Å²) in [7, 11) is 4.30. The Morgan fingerprint density at radius 3 is 2.44 bits per heavy atom. The number of methoxy groups -OCH3 is 2. The first kappa shape index (κ1) is 19.1. The number of carbonyl (C=O) groups is 1. The van der Waals surface area contributed by atoms with Gasteiger partial charge in [0.25, 0.3) is 0 Å². The van der Waals surface area contributed by atoms with Crippen LogP contribution in [0.25, 0.3) is 0 Å². The summed E-state index contributed by atoms with van der Waals surface area (Å²) in [5.41, 5.74) is 3.86. The molecule has 0 aliphatic heterocycles. The van der Waals surface area contributed by atoms with Gasteiger partial charge in [-0.15, -0.1) is 0 Å². The second kappa shape index (κ2) is 8.27. The zero-order valence-corrected chi connectivity index (χ0v) is 15.9. The van der Waals surface area contributed by atoms with Crippen molar-refractivity contribution in [3.8, 4) is 5.75 Å². The van der Waals surface area contributed by atoms with Gasteiger partial charge in [-0.05, 0) is 37.1 Å². The fraction of sp³-hybridized carbons (Fsp3) is 0.316. The summed E-state index contributed by atoms with van der Waals surface area (Å²) in [5.74, 6) is 0.142. The molecule has 0 spiro atoms. The van der Waals surface area contributed by atoms with Crippen LogP contribution in [0.3, 0.4) is 0 Å². The standard InChI is InChI=1S/C19H22O5S/c1-12-9-13(2)18(25(21)24-5)14(10-12)11-16-15(19(20)23-4)7-6-8-17(16)22-3/h6-10H,11H2,1-5H3. The SMILES string of the molecule is COC(=O)c1cccc(OC)c1Cc1cc(C)cc(C)c1S(=O)OC. The fourth-order valence-electron chi connectivity index (χ4n) is 2.93. The minimum Gasteiger partial charge on any atom is -0.496 e. The van der Waals surface area contributed by atoms with E-state index in [4.69, 9.17) is 13.7 Å². The molecule has 25 heavy (non-hydrogen) atoms. The third-order valence-corrected chi connectivity index (χ3v) is 5.16. The minimum atomic E-state index is -1.58. The van der Waals surface area contributed by atoms with Crippen molar-refractivity contribution in [2.75, 3.05) is 21.3 Å². The third-order valence-electron chi connectivity index (χ3n) is 3.94. The van der Waals surface area contributed by atoms with Crippen LogP contribution in [0.2, 0.25) is 0 Å². The molecule has 0 saturated heterocycles. The lowest BCUT2D eigenvalue weighted by Crippen LogP contribution is -2.10. The van der Waals surface area contributed by atoms with Crippen LogP contribution in [0.4, 0.5) is 0 Å². The molecule has 0 bridgehead atoms. The summed E-state index contributed by atoms with van der Waals surface area (Å²) in [4.78, 5) is 12.8. The Morgan fingerprint density at radius 2 is 1.84 bits per heavy atom. The molecular weight excluding hydrogens is 340 g/mol. The zero-order valence-electron chi connectivity index (χ0n) is 15.0. The molecule has 5 nitrogen and oxygen atoms in total. The smallest absolute Gasteiger partial charge is 0.338 e. The van der Waals surface area contributed by atoms with Crippen LogP contribution in [-0.4, -0.2) is 31.5 Å². The highest BCUT2D eigenvalue weighted by molar-refractivity contribution is 7.80. The molecule has 0 aliphatic carbocycles. The molecule has 1 atom stereocenters. The Morgan fingerprint density at radius 1 is 1.12 bits per heavy atom. The highest BCUT2D eigenvalue weighted by Crippen LogP contribution is 2.30. The number of benzene rings is 2. The van der Waals surface area contributed by atoms with Crippen molar-refractivity contribution in [3.05, 3.63) is 58.1 Å². The van der Waals surface area contributed by atoms with Gasteiger partial charge in [-0.25, -0.2) is 9.00 Å². The Hall–Kier alpha value is -2.18. The van der Waals surface area contributed by atoms with E-state index in [2.05, 4.69) is 0 Å². The van der Waals surface area contributed by atoms with Crippen molar-refractivity contribution in [1.82, 2.24) is 0 Å². The van der Waals surface area contributed by atoms with E-state index >= 15 is 0 Å². The van der Waals surface area contributed by atoms with Crippen LogP contribution < -0.4 is 4.74 Å². The van der Waals surface area contributed by atoms with Crippen LogP contribution in [-0.2, 0) is 26.4 Å². The predicted molar refractivity (Wildman–Crippen MR) is 96.5 cm³/mol. The van der Waals surface area contributed by atoms with Gasteiger partial charge >= 0.3 is 5.97 Å². The number of carbonyl (C=O) groups excluding carboxylic acids is 1. The maximum atomic E-state index is 12.4. The summed E-state index contributed by atoms with van der Waals surface area (Å²) in [6.45, 7) is 3.87. The van der Waals surface area contributed by atoms with E-state index in [0.717, 1.165) is 16.7 Å². The Bertz CT molecular complexity index is 814. The Balaban J connectivity index is 2.64. The average Bonchev–Trinajstić information content (AvgIpc) is 2.60. The average molecular weight is 362 g/mol. The lowest BCUT2D eigenvalue weighted by molar-refractivity contribution is 0.0599. The van der Waals surface area contributed by atoms with Crippen LogP contribution in [0.15, 0.2) is 35.2 Å². The number of hydrogen-bond acceptors (Lipinski definition) is 5. The molecule has 134 valence electrons. The van der Waals surface area contributed by atoms with Crippen molar-refractivity contribution in [3.63, 3.8) is 0 Å². The van der Waals surface area contributed by atoms with Crippen molar-refractivity contribution in [2.45, 2.75) is 25.2 Å². The lowest BCUT2D eigenvalue weighted by atomic mass is 9.96. The van der Waals surface area contributed by atoms with Crippen molar-refractivity contribution in [1.29, 1.82) is 0 Å². The van der Waals surface area contributed by atoms with Crippen molar-refractivity contribution in [2.24, 2.45) is 0 Å². The first-order valence-electron chi connectivity index (χ1n) is 7.73. The summed E-state index contributed by atoms with van der Waals surface area (Å²) in [6.07, 6.45) is 0.376. The Kier molecular flexibility index (Phi) is 6.33. The van der Waals surface area contributed by atoms with Gasteiger partial charge in [-0.1, -0.05) is 23.8 Å². The van der Waals surface area contributed by atoms with Gasteiger partial charge in [0.1, 0.15) is 5.75 Å². The van der Waals surface area contributed by atoms with E-state index in [1.54, 1.807) is 25.3 Å². The molecule has 0 fully saturated rings. The molecule has 2 rings (SSSR count). The normalized spacial score (nSPS) is 11.9. The number of ether oxygens (including phenoxy) is 2. The van der Waals surface area contributed by atoms with Gasteiger partial charge in [0.2, 0.25) is 0 Å². The molecular formula is C19H22O5S. The summed E-state index contributed by atoms with van der Waals surface area (Å²) < 4.78 is 27.7. The molecule has 0 aliphatic rings. The molecule has 2 aromatic rings. The maximum absolute atomic E-state index is 12.4. The van der Waals surface area contributed by atoms with Gasteiger partial charge in [-0.2, -0.15) is 0 Å². The fourth-order valence-corrected chi connectivity index (χ4v) is 3.76. The first-order valence-corrected chi connectivity index (χ1v) is 8.81. The maximum Gasteiger partial charge on any atom is 0.338 e. The van der Waals surface area contributed by atoms with Crippen molar-refractivity contribution < 1.29 is 22.7 Å². The molecule has 0 saturated carbocycles. The van der Waals surface area contributed by atoms with Crippen LogP contribution in [0, 0.1) is 13.8 Å². The second-order valence-corrected chi connectivity index (χ2v) is 6.84. The number of hydrogen-bond donors (Lipinski definition) is 0. The van der Waals surface area contributed by atoms with Crippen molar-refractivity contribution >= 4 is 17.0 Å². The first-order chi connectivity index (χ1) is 11.9. The highest BCUT2D eigenvalue weighted by Gasteiger charge is 2.20. The number of esters is 1. The number of rotatable bonds is 6. The Labute approximate surface area is 150 Å². The van der Waals surface area contributed by atoms with Gasteiger partial charge < -0.3 is 9.47 Å². The van der Waals surface area contributed by atoms with Crippen LogP contribution in [0.1, 0.15) is 32.6 Å². The number of aryl methyl sites for hydroxylation is 2. The molecule has 6 heteroatoms. The van der Waals surface area contributed by atoms with Gasteiger partial charge in [-0.3, -0.25) is 4.18 Å². The van der Waals surface area contributed by atoms with E-state index in [0.29, 0.717) is 28.2 Å². The summed E-state index contributed by atoms with van der Waals surface area (Å²) in [6, 6.07) is 9.13. The van der Waals surface area contributed by atoms with E-state index in [9.17, 15) is 9.00 Å².